The van der Waals surface area contributed by atoms with E-state index in [0.29, 0.717) is 11.7 Å². The van der Waals surface area contributed by atoms with Crippen LogP contribution in [0.3, 0.4) is 0 Å². The summed E-state index contributed by atoms with van der Waals surface area (Å²) < 4.78 is 0. The van der Waals surface area contributed by atoms with Crippen molar-refractivity contribution in [3.05, 3.63) is 18.1 Å². The summed E-state index contributed by atoms with van der Waals surface area (Å²) in [6.07, 6.45) is 8.33. The lowest BCUT2D eigenvalue weighted by Gasteiger charge is -2.32. The van der Waals surface area contributed by atoms with Crippen LogP contribution in [0.5, 0.6) is 0 Å². The molecular weight excluding hydrogens is 266 g/mol. The van der Waals surface area contributed by atoms with Gasteiger partial charge in [-0.2, -0.15) is 0 Å². The highest BCUT2D eigenvalue weighted by Gasteiger charge is 2.26. The van der Waals surface area contributed by atoms with E-state index in [0.717, 1.165) is 12.5 Å². The summed E-state index contributed by atoms with van der Waals surface area (Å²) in [5, 5.41) is 3.28. The summed E-state index contributed by atoms with van der Waals surface area (Å²) >= 11 is 0. The molecule has 21 heavy (non-hydrogen) atoms. The van der Waals surface area contributed by atoms with Gasteiger partial charge in [0.25, 0.3) is 5.91 Å². The smallest absolute Gasteiger partial charge is 0.268 e. The van der Waals surface area contributed by atoms with Gasteiger partial charge in [-0.1, -0.05) is 0 Å². The topological polar surface area (TPSA) is 84.1 Å². The maximum atomic E-state index is 11.1. The predicted molar refractivity (Wildman–Crippen MR) is 80.9 cm³/mol. The first kappa shape index (κ1) is 14.3. The zero-order valence-electron chi connectivity index (χ0n) is 12.3. The van der Waals surface area contributed by atoms with Crippen LogP contribution in [0.25, 0.3) is 0 Å². The summed E-state index contributed by atoms with van der Waals surface area (Å²) in [5.74, 6) is 1.73. The van der Waals surface area contributed by atoms with E-state index in [9.17, 15) is 4.79 Å². The molecule has 1 aromatic rings. The van der Waals surface area contributed by atoms with E-state index in [1.54, 1.807) is 6.20 Å². The maximum Gasteiger partial charge on any atom is 0.268 e. The number of likely N-dealkylation sites (tertiary alicyclic amines) is 1. The lowest BCUT2D eigenvalue weighted by atomic mass is 9.96. The Labute approximate surface area is 125 Å². The van der Waals surface area contributed by atoms with Crippen LogP contribution in [0.2, 0.25) is 0 Å². The molecule has 0 bridgehead atoms. The number of nitrogens with two attached hydrogens (primary N) is 1. The largest absolute Gasteiger partial charge is 0.368 e. The third kappa shape index (κ3) is 4.14. The van der Waals surface area contributed by atoms with Crippen molar-refractivity contribution in [2.45, 2.75) is 25.7 Å². The highest BCUT2D eigenvalue weighted by Crippen LogP contribution is 2.31. The van der Waals surface area contributed by atoms with Gasteiger partial charge in [-0.3, -0.25) is 9.78 Å². The zero-order valence-corrected chi connectivity index (χ0v) is 12.3. The van der Waals surface area contributed by atoms with E-state index in [1.165, 1.54) is 51.5 Å². The molecule has 0 atom stereocenters. The van der Waals surface area contributed by atoms with Crippen molar-refractivity contribution in [3.8, 4) is 0 Å². The second-order valence-electron chi connectivity index (χ2n) is 6.22. The van der Waals surface area contributed by atoms with Gasteiger partial charge in [0.15, 0.2) is 0 Å². The van der Waals surface area contributed by atoms with Crippen molar-refractivity contribution in [1.82, 2.24) is 14.9 Å². The number of rotatable bonds is 6. The third-order valence-corrected chi connectivity index (χ3v) is 4.38. The number of amides is 1. The Bertz CT molecular complexity index is 495. The molecule has 1 amide bonds. The minimum atomic E-state index is -0.542. The number of primary amides is 1. The highest BCUT2D eigenvalue weighted by molar-refractivity contribution is 5.90. The SMILES string of the molecule is NC(=O)c1cncc(NCC2CCN(CC3CC3)CC2)n1. The van der Waals surface area contributed by atoms with Crippen LogP contribution in [0.1, 0.15) is 36.2 Å². The zero-order chi connectivity index (χ0) is 14.7. The minimum Gasteiger partial charge on any atom is -0.368 e. The Morgan fingerprint density at radius 2 is 2.00 bits per heavy atom. The number of carbonyl (C=O) groups excluding carboxylic acids is 1. The van der Waals surface area contributed by atoms with Crippen LogP contribution in [0.4, 0.5) is 5.82 Å². The molecule has 0 spiro atoms. The van der Waals surface area contributed by atoms with E-state index >= 15 is 0 Å². The number of aromatic nitrogens is 2. The van der Waals surface area contributed by atoms with Crippen LogP contribution in [-0.4, -0.2) is 47.0 Å². The molecule has 3 rings (SSSR count). The molecule has 1 aliphatic heterocycles. The lowest BCUT2D eigenvalue weighted by Crippen LogP contribution is -2.37. The molecular formula is C15H23N5O. The van der Waals surface area contributed by atoms with Gasteiger partial charge in [-0.05, 0) is 50.6 Å². The van der Waals surface area contributed by atoms with Gasteiger partial charge in [0.05, 0.1) is 12.4 Å². The number of hydrogen-bond donors (Lipinski definition) is 2. The monoisotopic (exact) mass is 289 g/mol. The number of nitrogens with one attached hydrogen (secondary N) is 1. The molecule has 1 aromatic heterocycles. The van der Waals surface area contributed by atoms with E-state index in [2.05, 4.69) is 20.2 Å². The fourth-order valence-corrected chi connectivity index (χ4v) is 2.86. The van der Waals surface area contributed by atoms with Crippen molar-refractivity contribution in [1.29, 1.82) is 0 Å². The van der Waals surface area contributed by atoms with Gasteiger partial charge >= 0.3 is 0 Å². The molecule has 114 valence electrons. The van der Waals surface area contributed by atoms with E-state index in [4.69, 9.17) is 5.73 Å². The molecule has 3 N–H and O–H groups in total. The van der Waals surface area contributed by atoms with Gasteiger partial charge in [0.1, 0.15) is 11.5 Å². The quantitative estimate of drug-likeness (QED) is 0.819. The van der Waals surface area contributed by atoms with Gasteiger partial charge < -0.3 is 16.0 Å². The summed E-state index contributed by atoms with van der Waals surface area (Å²) in [6, 6.07) is 0. The van der Waals surface area contributed by atoms with Crippen molar-refractivity contribution in [3.63, 3.8) is 0 Å². The summed E-state index contributed by atoms with van der Waals surface area (Å²) in [5.41, 5.74) is 5.41. The fraction of sp³-hybridized carbons (Fsp3) is 0.667. The van der Waals surface area contributed by atoms with Crippen molar-refractivity contribution < 1.29 is 4.79 Å². The Hall–Kier alpha value is -1.69. The highest BCUT2D eigenvalue weighted by atomic mass is 16.1. The molecule has 1 saturated heterocycles. The van der Waals surface area contributed by atoms with Crippen LogP contribution < -0.4 is 11.1 Å². The molecule has 2 fully saturated rings. The Balaban J connectivity index is 1.43. The number of carbonyl (C=O) groups is 1. The van der Waals surface area contributed by atoms with E-state index < -0.39 is 5.91 Å². The fourth-order valence-electron chi connectivity index (χ4n) is 2.86. The molecule has 0 radical (unpaired) electrons. The van der Waals surface area contributed by atoms with Crippen LogP contribution in [-0.2, 0) is 0 Å². The predicted octanol–water partition coefficient (Wildman–Crippen LogP) is 1.11. The van der Waals surface area contributed by atoms with Crippen LogP contribution >= 0.6 is 0 Å². The van der Waals surface area contributed by atoms with Crippen molar-refractivity contribution in [2.75, 3.05) is 31.5 Å². The Morgan fingerprint density at radius 3 is 2.67 bits per heavy atom. The normalized spacial score (nSPS) is 20.4. The first-order valence-corrected chi connectivity index (χ1v) is 7.79. The lowest BCUT2D eigenvalue weighted by molar-refractivity contribution is 0.0995. The number of nitrogens with zero attached hydrogens (tertiary/aromatic N) is 3. The summed E-state index contributed by atoms with van der Waals surface area (Å²) in [7, 11) is 0. The number of anilines is 1. The summed E-state index contributed by atoms with van der Waals surface area (Å²) in [6.45, 7) is 4.59. The van der Waals surface area contributed by atoms with E-state index in [-0.39, 0.29) is 5.69 Å². The van der Waals surface area contributed by atoms with Crippen molar-refractivity contribution >= 4 is 11.7 Å². The van der Waals surface area contributed by atoms with Gasteiger partial charge in [-0.25, -0.2) is 4.98 Å². The van der Waals surface area contributed by atoms with Gasteiger partial charge in [0, 0.05) is 13.1 Å². The maximum absolute atomic E-state index is 11.1. The Kier molecular flexibility index (Phi) is 4.34. The van der Waals surface area contributed by atoms with Crippen LogP contribution in [0, 0.1) is 11.8 Å². The van der Waals surface area contributed by atoms with Gasteiger partial charge in [-0.15, -0.1) is 0 Å². The second kappa shape index (κ2) is 6.39. The Morgan fingerprint density at radius 1 is 1.24 bits per heavy atom. The summed E-state index contributed by atoms with van der Waals surface area (Å²) in [4.78, 5) is 21.8. The molecule has 6 nitrogen and oxygen atoms in total. The third-order valence-electron chi connectivity index (χ3n) is 4.38. The molecule has 0 unspecified atom stereocenters. The molecule has 1 aliphatic carbocycles. The first-order valence-electron chi connectivity index (χ1n) is 7.79. The average molecular weight is 289 g/mol. The van der Waals surface area contributed by atoms with Crippen LogP contribution in [0.15, 0.2) is 12.4 Å². The minimum absolute atomic E-state index is 0.208. The average Bonchev–Trinajstić information content (AvgIpc) is 3.31. The molecule has 2 aliphatic rings. The molecule has 6 heteroatoms. The standard InChI is InChI=1S/C15H23N5O/c16-15(21)13-8-17-9-14(19-13)18-7-11-3-5-20(6-4-11)10-12-1-2-12/h8-9,11-12H,1-7,10H2,(H2,16,21)(H,18,19). The number of hydrogen-bond acceptors (Lipinski definition) is 5. The first-order chi connectivity index (χ1) is 10.2. The van der Waals surface area contributed by atoms with Gasteiger partial charge in [0.2, 0.25) is 0 Å². The number of piperidine rings is 1. The van der Waals surface area contributed by atoms with Crippen molar-refractivity contribution in [2.24, 2.45) is 17.6 Å². The second-order valence-corrected chi connectivity index (χ2v) is 6.22. The molecule has 0 aromatic carbocycles. The molecule has 2 heterocycles. The molecule has 1 saturated carbocycles. The van der Waals surface area contributed by atoms with E-state index in [1.807, 2.05) is 0 Å².